The number of piperazine rings is 1. The van der Waals surface area contributed by atoms with Gasteiger partial charge < -0.3 is 19.0 Å². The van der Waals surface area contributed by atoms with Crippen LogP contribution >= 0.6 is 0 Å². The highest BCUT2D eigenvalue weighted by atomic mass is 16.5. The van der Waals surface area contributed by atoms with Crippen molar-refractivity contribution in [3.63, 3.8) is 0 Å². The maximum Gasteiger partial charge on any atom is 0.298 e. The van der Waals surface area contributed by atoms with Crippen LogP contribution < -0.4 is 9.64 Å². The number of aromatic nitrogens is 1. The second-order valence-electron chi connectivity index (χ2n) is 6.38. The summed E-state index contributed by atoms with van der Waals surface area (Å²) in [5.74, 6) is 0.817. The van der Waals surface area contributed by atoms with E-state index in [9.17, 15) is 4.79 Å². The number of hydrogen-bond acceptors (Lipinski definition) is 5. The summed E-state index contributed by atoms with van der Waals surface area (Å²) in [5, 5.41) is 0. The summed E-state index contributed by atoms with van der Waals surface area (Å²) in [7, 11) is 1.63. The molecule has 1 amide bonds. The molecular formula is C21H21N3O3. The molecule has 1 aliphatic rings. The van der Waals surface area contributed by atoms with E-state index < -0.39 is 0 Å². The topological polar surface area (TPSA) is 58.8 Å². The van der Waals surface area contributed by atoms with Gasteiger partial charge in [0.25, 0.3) is 6.01 Å². The minimum Gasteiger partial charge on any atom is -0.497 e. The van der Waals surface area contributed by atoms with E-state index in [4.69, 9.17) is 9.15 Å². The zero-order valence-corrected chi connectivity index (χ0v) is 15.2. The molecule has 0 N–H and O–H groups in total. The molecule has 2 heterocycles. The maximum absolute atomic E-state index is 12.4. The zero-order valence-electron chi connectivity index (χ0n) is 15.2. The number of carbonyl (C=O) groups is 1. The van der Waals surface area contributed by atoms with Gasteiger partial charge in [-0.15, -0.1) is 0 Å². The summed E-state index contributed by atoms with van der Waals surface area (Å²) in [6.07, 6.45) is 3.45. The Balaban J connectivity index is 1.35. The highest BCUT2D eigenvalue weighted by Crippen LogP contribution is 2.22. The van der Waals surface area contributed by atoms with Gasteiger partial charge in [0.1, 0.15) is 11.3 Å². The summed E-state index contributed by atoms with van der Waals surface area (Å²) in [6.45, 7) is 2.69. The van der Waals surface area contributed by atoms with E-state index >= 15 is 0 Å². The van der Waals surface area contributed by atoms with E-state index in [-0.39, 0.29) is 5.91 Å². The number of carbonyl (C=O) groups excluding carboxylic acids is 1. The first-order valence-corrected chi connectivity index (χ1v) is 8.94. The molecule has 1 fully saturated rings. The highest BCUT2D eigenvalue weighted by molar-refractivity contribution is 5.92. The van der Waals surface area contributed by atoms with Crippen LogP contribution in [0.5, 0.6) is 5.75 Å². The first-order chi connectivity index (χ1) is 13.2. The van der Waals surface area contributed by atoms with Crippen LogP contribution in [-0.4, -0.2) is 49.1 Å². The summed E-state index contributed by atoms with van der Waals surface area (Å²) < 4.78 is 11.0. The Bertz CT molecular complexity index is 921. The van der Waals surface area contributed by atoms with Crippen molar-refractivity contribution >= 4 is 29.1 Å². The Hall–Kier alpha value is -3.28. The van der Waals surface area contributed by atoms with Crippen molar-refractivity contribution in [2.75, 3.05) is 38.2 Å². The van der Waals surface area contributed by atoms with Gasteiger partial charge in [0.2, 0.25) is 5.91 Å². The molecule has 3 aromatic rings. The summed E-state index contributed by atoms with van der Waals surface area (Å²) in [5.41, 5.74) is 2.61. The van der Waals surface area contributed by atoms with E-state index in [0.717, 1.165) is 22.4 Å². The number of para-hydroxylation sites is 2. The van der Waals surface area contributed by atoms with Gasteiger partial charge in [0.15, 0.2) is 5.58 Å². The number of rotatable bonds is 4. The Kier molecular flexibility index (Phi) is 4.78. The van der Waals surface area contributed by atoms with Crippen molar-refractivity contribution < 1.29 is 13.9 Å². The number of amides is 1. The second kappa shape index (κ2) is 7.53. The van der Waals surface area contributed by atoms with E-state index in [1.807, 2.05) is 59.5 Å². The summed E-state index contributed by atoms with van der Waals surface area (Å²) in [6, 6.07) is 16.0. The van der Waals surface area contributed by atoms with Gasteiger partial charge in [-0.2, -0.15) is 4.98 Å². The fraction of sp³-hybridized carbons (Fsp3) is 0.238. The van der Waals surface area contributed by atoms with Crippen LogP contribution in [-0.2, 0) is 4.79 Å². The predicted octanol–water partition coefficient (Wildman–Crippen LogP) is 3.20. The molecule has 0 bridgehead atoms. The Labute approximate surface area is 157 Å². The summed E-state index contributed by atoms with van der Waals surface area (Å²) >= 11 is 0. The van der Waals surface area contributed by atoms with Crippen LogP contribution in [0.4, 0.5) is 6.01 Å². The molecule has 1 aliphatic heterocycles. The molecule has 27 heavy (non-hydrogen) atoms. The molecule has 138 valence electrons. The molecular weight excluding hydrogens is 342 g/mol. The molecule has 0 atom stereocenters. The average molecular weight is 363 g/mol. The Morgan fingerprint density at radius 2 is 1.81 bits per heavy atom. The molecule has 0 saturated carbocycles. The number of fused-ring (bicyclic) bond motifs is 1. The third kappa shape index (κ3) is 3.79. The molecule has 2 aromatic carbocycles. The van der Waals surface area contributed by atoms with Crippen LogP contribution in [0.2, 0.25) is 0 Å². The van der Waals surface area contributed by atoms with Crippen molar-refractivity contribution in [3.05, 3.63) is 60.2 Å². The van der Waals surface area contributed by atoms with Gasteiger partial charge in [0.05, 0.1) is 7.11 Å². The van der Waals surface area contributed by atoms with E-state index in [0.29, 0.717) is 32.2 Å². The largest absolute Gasteiger partial charge is 0.497 e. The molecule has 1 saturated heterocycles. The van der Waals surface area contributed by atoms with Crippen LogP contribution in [0.1, 0.15) is 5.56 Å². The van der Waals surface area contributed by atoms with Crippen molar-refractivity contribution in [2.45, 2.75) is 0 Å². The molecule has 6 heteroatoms. The standard InChI is InChI=1S/C21H21N3O3/c1-26-17-9-6-16(7-10-17)8-11-20(25)23-12-14-24(15-13-23)21-22-18-4-2-3-5-19(18)27-21/h2-11H,12-15H2,1H3/b11-8+. The molecule has 1 aromatic heterocycles. The lowest BCUT2D eigenvalue weighted by Crippen LogP contribution is -2.48. The van der Waals surface area contributed by atoms with Gasteiger partial charge in [-0.05, 0) is 35.9 Å². The molecule has 0 spiro atoms. The molecule has 0 aliphatic carbocycles. The zero-order chi connectivity index (χ0) is 18.6. The fourth-order valence-electron chi connectivity index (χ4n) is 3.10. The van der Waals surface area contributed by atoms with E-state index in [1.165, 1.54) is 0 Å². The van der Waals surface area contributed by atoms with Gasteiger partial charge in [0, 0.05) is 32.3 Å². The number of anilines is 1. The number of nitrogens with zero attached hydrogens (tertiary/aromatic N) is 3. The van der Waals surface area contributed by atoms with Crippen LogP contribution in [0.25, 0.3) is 17.2 Å². The van der Waals surface area contributed by atoms with Crippen molar-refractivity contribution in [3.8, 4) is 5.75 Å². The first kappa shape index (κ1) is 17.1. The maximum atomic E-state index is 12.4. The predicted molar refractivity (Wildman–Crippen MR) is 105 cm³/mol. The van der Waals surface area contributed by atoms with Crippen molar-refractivity contribution in [1.29, 1.82) is 0 Å². The SMILES string of the molecule is COc1ccc(/C=C/C(=O)N2CCN(c3nc4ccccc4o3)CC2)cc1. The molecule has 0 radical (unpaired) electrons. The van der Waals surface area contributed by atoms with Gasteiger partial charge in [-0.1, -0.05) is 24.3 Å². The minimum atomic E-state index is 0.0167. The van der Waals surface area contributed by atoms with Crippen LogP contribution in [0.15, 0.2) is 59.0 Å². The summed E-state index contributed by atoms with van der Waals surface area (Å²) in [4.78, 5) is 20.9. The lowest BCUT2D eigenvalue weighted by molar-refractivity contribution is -0.126. The number of methoxy groups -OCH3 is 1. The smallest absolute Gasteiger partial charge is 0.298 e. The number of hydrogen-bond donors (Lipinski definition) is 0. The third-order valence-electron chi connectivity index (χ3n) is 4.68. The average Bonchev–Trinajstić information content (AvgIpc) is 3.17. The second-order valence-corrected chi connectivity index (χ2v) is 6.38. The van der Waals surface area contributed by atoms with Crippen molar-refractivity contribution in [2.24, 2.45) is 0 Å². The van der Waals surface area contributed by atoms with Gasteiger partial charge in [-0.3, -0.25) is 4.79 Å². The molecule has 6 nitrogen and oxygen atoms in total. The highest BCUT2D eigenvalue weighted by Gasteiger charge is 2.22. The monoisotopic (exact) mass is 363 g/mol. The Morgan fingerprint density at radius 3 is 2.52 bits per heavy atom. The Morgan fingerprint density at radius 1 is 1.07 bits per heavy atom. The lowest BCUT2D eigenvalue weighted by atomic mass is 10.2. The number of benzene rings is 2. The number of oxazole rings is 1. The third-order valence-corrected chi connectivity index (χ3v) is 4.68. The molecule has 0 unspecified atom stereocenters. The quantitative estimate of drug-likeness (QED) is 0.666. The van der Waals surface area contributed by atoms with E-state index in [1.54, 1.807) is 13.2 Å². The van der Waals surface area contributed by atoms with Crippen molar-refractivity contribution in [1.82, 2.24) is 9.88 Å². The fourth-order valence-corrected chi connectivity index (χ4v) is 3.10. The van der Waals surface area contributed by atoms with Gasteiger partial charge in [-0.25, -0.2) is 0 Å². The van der Waals surface area contributed by atoms with Crippen LogP contribution in [0.3, 0.4) is 0 Å². The molecule has 4 rings (SSSR count). The number of ether oxygens (including phenoxy) is 1. The van der Waals surface area contributed by atoms with E-state index in [2.05, 4.69) is 9.88 Å². The normalized spacial score (nSPS) is 14.9. The minimum absolute atomic E-state index is 0.0167. The van der Waals surface area contributed by atoms with Crippen LogP contribution in [0, 0.1) is 0 Å². The lowest BCUT2D eigenvalue weighted by Gasteiger charge is -2.33. The first-order valence-electron chi connectivity index (χ1n) is 8.94. The van der Waals surface area contributed by atoms with Gasteiger partial charge >= 0.3 is 0 Å².